The first-order chi connectivity index (χ1) is 19.6. The lowest BCUT2D eigenvalue weighted by atomic mass is 9.87. The number of rotatable bonds is 7. The molecule has 4 aromatic carbocycles. The second-order valence-electron chi connectivity index (χ2n) is 9.73. The number of ether oxygens (including phenoxy) is 2. The number of hydrogen-bond donors (Lipinski definition) is 1. The summed E-state index contributed by atoms with van der Waals surface area (Å²) in [6.45, 7) is 0.822. The van der Waals surface area contributed by atoms with Gasteiger partial charge in [-0.1, -0.05) is 75.7 Å². The number of benzene rings is 4. The summed E-state index contributed by atoms with van der Waals surface area (Å²) >= 11 is 3.53. The molecule has 1 N–H and O–H groups in total. The Morgan fingerprint density at radius 2 is 1.65 bits per heavy atom. The molecule has 198 valence electrons. The largest absolute Gasteiger partial charge is 0.454 e. The van der Waals surface area contributed by atoms with Crippen LogP contribution < -0.4 is 9.47 Å². The van der Waals surface area contributed by atoms with E-state index in [1.165, 1.54) is 0 Å². The van der Waals surface area contributed by atoms with Crippen LogP contribution in [0.25, 0.3) is 22.3 Å². The van der Waals surface area contributed by atoms with Crippen molar-refractivity contribution in [3.8, 4) is 22.8 Å². The molecular weight excluding hydrogens is 570 g/mol. The summed E-state index contributed by atoms with van der Waals surface area (Å²) in [7, 11) is 0. The lowest BCUT2D eigenvalue weighted by molar-refractivity contribution is 0.0584. The third-order valence-electron chi connectivity index (χ3n) is 7.20. The molecule has 1 unspecified atom stereocenters. The summed E-state index contributed by atoms with van der Waals surface area (Å²) in [6.07, 6.45) is 1.75. The number of aromatic nitrogens is 5. The maximum absolute atomic E-state index is 12.8. The molecule has 1 aliphatic rings. The number of fused-ring (bicyclic) bond motifs is 2. The summed E-state index contributed by atoms with van der Waals surface area (Å²) in [5.74, 6) is 1.32. The molecule has 0 amide bonds. The molecule has 1 atom stereocenters. The van der Waals surface area contributed by atoms with Crippen LogP contribution in [0, 0.1) is 0 Å². The van der Waals surface area contributed by atoms with Gasteiger partial charge in [-0.05, 0) is 53.6 Å². The van der Waals surface area contributed by atoms with Crippen LogP contribution in [0.1, 0.15) is 16.8 Å². The van der Waals surface area contributed by atoms with Gasteiger partial charge in [0.05, 0.1) is 36.1 Å². The molecular formula is C31H24BrN5O3. The van der Waals surface area contributed by atoms with Gasteiger partial charge in [0.2, 0.25) is 6.79 Å². The van der Waals surface area contributed by atoms with Crippen molar-refractivity contribution in [3.05, 3.63) is 125 Å². The summed E-state index contributed by atoms with van der Waals surface area (Å²) in [5, 5.41) is 22.0. The van der Waals surface area contributed by atoms with E-state index >= 15 is 0 Å². The molecule has 0 aliphatic carbocycles. The van der Waals surface area contributed by atoms with Crippen molar-refractivity contribution in [2.24, 2.45) is 0 Å². The third-order valence-corrected chi connectivity index (χ3v) is 7.73. The summed E-state index contributed by atoms with van der Waals surface area (Å²) in [5.41, 5.74) is 3.90. The Kier molecular flexibility index (Phi) is 6.10. The molecule has 0 spiro atoms. The van der Waals surface area contributed by atoms with Crippen LogP contribution in [-0.4, -0.2) is 36.4 Å². The quantitative estimate of drug-likeness (QED) is 0.253. The fourth-order valence-electron chi connectivity index (χ4n) is 5.20. The van der Waals surface area contributed by atoms with Crippen LogP contribution in [0.4, 0.5) is 0 Å². The number of halogens is 1. The fraction of sp³-hybridized carbons (Fsp3) is 0.129. The maximum Gasteiger partial charge on any atom is 0.231 e. The number of para-hydroxylation sites is 2. The van der Waals surface area contributed by atoms with Gasteiger partial charge in [0.15, 0.2) is 17.1 Å². The second-order valence-corrected chi connectivity index (χ2v) is 10.6. The van der Waals surface area contributed by atoms with Crippen LogP contribution in [0.15, 0.2) is 108 Å². The van der Waals surface area contributed by atoms with Crippen molar-refractivity contribution in [1.29, 1.82) is 0 Å². The Balaban J connectivity index is 1.43. The zero-order valence-corrected chi connectivity index (χ0v) is 22.9. The van der Waals surface area contributed by atoms with Crippen molar-refractivity contribution in [3.63, 3.8) is 0 Å². The topological polar surface area (TPSA) is 87.2 Å². The minimum atomic E-state index is -1.55. The minimum Gasteiger partial charge on any atom is -0.454 e. The molecule has 1 aliphatic heterocycles. The van der Waals surface area contributed by atoms with Gasteiger partial charge in [0.25, 0.3) is 0 Å². The van der Waals surface area contributed by atoms with Gasteiger partial charge in [-0.15, -0.1) is 5.10 Å². The molecule has 2 aromatic heterocycles. The van der Waals surface area contributed by atoms with Crippen LogP contribution in [0.2, 0.25) is 0 Å². The first-order valence-corrected chi connectivity index (χ1v) is 13.6. The zero-order valence-electron chi connectivity index (χ0n) is 21.3. The summed E-state index contributed by atoms with van der Waals surface area (Å²) < 4.78 is 16.0. The molecule has 0 bridgehead atoms. The van der Waals surface area contributed by atoms with Crippen LogP contribution in [0.5, 0.6) is 11.5 Å². The Labute approximate surface area is 238 Å². The number of nitrogens with zero attached hydrogens (tertiary/aromatic N) is 5. The van der Waals surface area contributed by atoms with Gasteiger partial charge in [-0.2, -0.15) is 0 Å². The van der Waals surface area contributed by atoms with Gasteiger partial charge in [0.1, 0.15) is 5.69 Å². The van der Waals surface area contributed by atoms with E-state index in [1.807, 2.05) is 106 Å². The van der Waals surface area contributed by atoms with Crippen LogP contribution >= 0.6 is 15.9 Å². The Morgan fingerprint density at radius 1 is 0.875 bits per heavy atom. The smallest absolute Gasteiger partial charge is 0.231 e. The van der Waals surface area contributed by atoms with E-state index in [1.54, 1.807) is 6.33 Å². The van der Waals surface area contributed by atoms with Crippen molar-refractivity contribution < 1.29 is 14.6 Å². The Morgan fingerprint density at radius 3 is 2.50 bits per heavy atom. The monoisotopic (exact) mass is 593 g/mol. The molecule has 9 heteroatoms. The maximum atomic E-state index is 12.8. The summed E-state index contributed by atoms with van der Waals surface area (Å²) in [4.78, 5) is 4.56. The normalized spacial score (nSPS) is 13.9. The lowest BCUT2D eigenvalue weighted by Crippen LogP contribution is -2.34. The number of imidazole rings is 1. The molecule has 0 saturated carbocycles. The van der Waals surface area contributed by atoms with Gasteiger partial charge in [0, 0.05) is 10.0 Å². The molecule has 40 heavy (non-hydrogen) atoms. The summed E-state index contributed by atoms with van der Waals surface area (Å²) in [6, 6.07) is 31.3. The van der Waals surface area contributed by atoms with Crippen molar-refractivity contribution in [2.45, 2.75) is 18.7 Å². The first-order valence-electron chi connectivity index (χ1n) is 12.8. The highest BCUT2D eigenvalue weighted by molar-refractivity contribution is 9.10. The lowest BCUT2D eigenvalue weighted by Gasteiger charge is -2.29. The Bertz CT molecular complexity index is 1820. The average molecular weight is 594 g/mol. The number of hydrogen-bond acceptors (Lipinski definition) is 6. The second kappa shape index (κ2) is 9.93. The average Bonchev–Trinajstić information content (AvgIpc) is 3.72. The van der Waals surface area contributed by atoms with Crippen molar-refractivity contribution >= 4 is 27.0 Å². The third kappa shape index (κ3) is 4.33. The number of aliphatic hydroxyl groups is 1. The molecule has 3 heterocycles. The zero-order chi connectivity index (χ0) is 27.1. The van der Waals surface area contributed by atoms with Crippen LogP contribution in [-0.2, 0) is 18.7 Å². The van der Waals surface area contributed by atoms with E-state index in [2.05, 4.69) is 31.2 Å². The molecule has 6 aromatic rings. The predicted molar refractivity (Wildman–Crippen MR) is 154 cm³/mol. The van der Waals surface area contributed by atoms with E-state index in [9.17, 15) is 5.11 Å². The highest BCUT2D eigenvalue weighted by Crippen LogP contribution is 2.41. The Hall–Kier alpha value is -4.47. The van der Waals surface area contributed by atoms with E-state index in [0.717, 1.165) is 26.6 Å². The standard InChI is InChI=1S/C31H24BrN5O3/c32-24-13-11-23(12-14-24)31(38,18-36-19-33-25-8-4-5-9-26(25)36)30-29(22-10-15-27-28(16-22)40-20-39-27)37(35-34-30)17-21-6-2-1-3-7-21/h1-16,19,38H,17-18,20H2. The van der Waals surface area contributed by atoms with E-state index < -0.39 is 5.60 Å². The van der Waals surface area contributed by atoms with E-state index in [0.29, 0.717) is 35.0 Å². The molecule has 8 nitrogen and oxygen atoms in total. The molecule has 0 radical (unpaired) electrons. The fourth-order valence-corrected chi connectivity index (χ4v) is 5.46. The van der Waals surface area contributed by atoms with E-state index in [4.69, 9.17) is 9.47 Å². The molecule has 0 saturated heterocycles. The van der Waals surface area contributed by atoms with Gasteiger partial charge in [-0.25, -0.2) is 9.67 Å². The van der Waals surface area contributed by atoms with E-state index in [-0.39, 0.29) is 13.3 Å². The minimum absolute atomic E-state index is 0.170. The highest BCUT2D eigenvalue weighted by atomic mass is 79.9. The van der Waals surface area contributed by atoms with Crippen molar-refractivity contribution in [1.82, 2.24) is 24.5 Å². The van der Waals surface area contributed by atoms with Gasteiger partial charge in [-0.3, -0.25) is 0 Å². The molecule has 0 fully saturated rings. The molecule has 7 rings (SSSR count). The highest BCUT2D eigenvalue weighted by Gasteiger charge is 2.39. The first kappa shape index (κ1) is 24.6. The van der Waals surface area contributed by atoms with Gasteiger partial charge < -0.3 is 19.1 Å². The SMILES string of the molecule is OC(Cn1cnc2ccccc21)(c1ccc(Br)cc1)c1nnn(Cc2ccccc2)c1-c1ccc2c(c1)OCO2. The van der Waals surface area contributed by atoms with Gasteiger partial charge >= 0.3 is 0 Å². The van der Waals surface area contributed by atoms with Crippen molar-refractivity contribution in [2.75, 3.05) is 6.79 Å². The van der Waals surface area contributed by atoms with Crippen LogP contribution in [0.3, 0.4) is 0 Å². The predicted octanol–water partition coefficient (Wildman–Crippen LogP) is 5.77.